The standard InChI is InChI=1S/C14H19N3O2/c1-14(2,19)10-17(3)13(18)16-9-12-6-4-11(8-15)5-7-12/h4-7,19H,9-10H2,1-3H3,(H,16,18). The minimum Gasteiger partial charge on any atom is -0.389 e. The SMILES string of the molecule is CN(CC(C)(C)O)C(=O)NCc1ccc(C#N)cc1. The highest BCUT2D eigenvalue weighted by Gasteiger charge is 2.18. The molecule has 19 heavy (non-hydrogen) atoms. The molecule has 0 aliphatic rings. The van der Waals surface area contributed by atoms with Crippen molar-refractivity contribution in [3.8, 4) is 6.07 Å². The summed E-state index contributed by atoms with van der Waals surface area (Å²) in [5, 5.41) is 21.1. The molecule has 0 saturated heterocycles. The van der Waals surface area contributed by atoms with Crippen LogP contribution in [0.5, 0.6) is 0 Å². The zero-order valence-corrected chi connectivity index (χ0v) is 11.5. The molecule has 5 nitrogen and oxygen atoms in total. The van der Waals surface area contributed by atoms with Crippen LogP contribution < -0.4 is 5.32 Å². The fraction of sp³-hybridized carbons (Fsp3) is 0.429. The second-order valence-corrected chi connectivity index (χ2v) is 5.14. The van der Waals surface area contributed by atoms with Crippen LogP contribution in [0, 0.1) is 11.3 Å². The monoisotopic (exact) mass is 261 g/mol. The molecule has 102 valence electrons. The Bertz CT molecular complexity index is 469. The number of aliphatic hydroxyl groups is 1. The molecule has 0 radical (unpaired) electrons. The van der Waals surface area contributed by atoms with E-state index in [9.17, 15) is 9.90 Å². The molecule has 0 bridgehead atoms. The molecule has 0 heterocycles. The van der Waals surface area contributed by atoms with E-state index in [4.69, 9.17) is 5.26 Å². The van der Waals surface area contributed by atoms with Crippen molar-refractivity contribution in [1.29, 1.82) is 5.26 Å². The van der Waals surface area contributed by atoms with Crippen LogP contribution in [0.2, 0.25) is 0 Å². The van der Waals surface area contributed by atoms with Crippen LogP contribution in [0.4, 0.5) is 4.79 Å². The first-order valence-corrected chi connectivity index (χ1v) is 6.02. The highest BCUT2D eigenvalue weighted by atomic mass is 16.3. The third-order valence-electron chi connectivity index (χ3n) is 2.50. The van der Waals surface area contributed by atoms with E-state index < -0.39 is 5.60 Å². The maximum absolute atomic E-state index is 11.8. The second kappa shape index (κ2) is 6.21. The van der Waals surface area contributed by atoms with Gasteiger partial charge >= 0.3 is 6.03 Å². The number of nitriles is 1. The van der Waals surface area contributed by atoms with E-state index in [1.807, 2.05) is 6.07 Å². The van der Waals surface area contributed by atoms with Gasteiger partial charge in [-0.05, 0) is 31.5 Å². The number of hydrogen-bond donors (Lipinski definition) is 2. The molecular formula is C14H19N3O2. The van der Waals surface area contributed by atoms with Crippen LogP contribution in [0.25, 0.3) is 0 Å². The maximum atomic E-state index is 11.8. The van der Waals surface area contributed by atoms with Gasteiger partial charge < -0.3 is 15.3 Å². The summed E-state index contributed by atoms with van der Waals surface area (Å²) >= 11 is 0. The number of amides is 2. The molecule has 0 unspecified atom stereocenters. The lowest BCUT2D eigenvalue weighted by molar-refractivity contribution is 0.0531. The van der Waals surface area contributed by atoms with Crippen LogP contribution in [0.15, 0.2) is 24.3 Å². The fourth-order valence-electron chi connectivity index (χ4n) is 1.66. The Kier molecular flexibility index (Phi) is 4.90. The van der Waals surface area contributed by atoms with E-state index in [2.05, 4.69) is 5.32 Å². The zero-order valence-electron chi connectivity index (χ0n) is 11.5. The molecule has 0 fully saturated rings. The van der Waals surface area contributed by atoms with Crippen LogP contribution in [-0.4, -0.2) is 35.2 Å². The van der Waals surface area contributed by atoms with Crippen molar-refractivity contribution in [2.24, 2.45) is 0 Å². The summed E-state index contributed by atoms with van der Waals surface area (Å²) in [6, 6.07) is 8.82. The Morgan fingerprint density at radius 2 is 2.00 bits per heavy atom. The first-order chi connectivity index (χ1) is 8.81. The molecular weight excluding hydrogens is 242 g/mol. The van der Waals surface area contributed by atoms with E-state index in [1.54, 1.807) is 45.2 Å². The van der Waals surface area contributed by atoms with Gasteiger partial charge in [0.1, 0.15) is 0 Å². The lowest BCUT2D eigenvalue weighted by Crippen LogP contribution is -2.44. The Labute approximate surface area is 113 Å². The van der Waals surface area contributed by atoms with Gasteiger partial charge in [0.2, 0.25) is 0 Å². The van der Waals surface area contributed by atoms with Crippen LogP contribution in [0.1, 0.15) is 25.0 Å². The molecule has 1 aromatic carbocycles. The number of benzene rings is 1. The van der Waals surface area contributed by atoms with Gasteiger partial charge in [0.05, 0.1) is 23.8 Å². The van der Waals surface area contributed by atoms with Crippen molar-refractivity contribution >= 4 is 6.03 Å². The largest absolute Gasteiger partial charge is 0.389 e. The van der Waals surface area contributed by atoms with Crippen LogP contribution >= 0.6 is 0 Å². The van der Waals surface area contributed by atoms with E-state index in [1.165, 1.54) is 4.90 Å². The maximum Gasteiger partial charge on any atom is 0.317 e. The molecule has 2 N–H and O–H groups in total. The van der Waals surface area contributed by atoms with Gasteiger partial charge in [-0.3, -0.25) is 0 Å². The van der Waals surface area contributed by atoms with Crippen molar-refractivity contribution in [1.82, 2.24) is 10.2 Å². The van der Waals surface area contributed by atoms with Gasteiger partial charge in [-0.25, -0.2) is 4.79 Å². The number of hydrogen-bond acceptors (Lipinski definition) is 3. The fourth-order valence-corrected chi connectivity index (χ4v) is 1.66. The number of likely N-dealkylation sites (N-methyl/N-ethyl adjacent to an activating group) is 1. The molecule has 5 heteroatoms. The van der Waals surface area contributed by atoms with Crippen molar-refractivity contribution in [3.05, 3.63) is 35.4 Å². The van der Waals surface area contributed by atoms with Crippen LogP contribution in [0.3, 0.4) is 0 Å². The smallest absolute Gasteiger partial charge is 0.317 e. The molecule has 1 rings (SSSR count). The van der Waals surface area contributed by atoms with Crippen molar-refractivity contribution in [3.63, 3.8) is 0 Å². The molecule has 0 aliphatic heterocycles. The van der Waals surface area contributed by atoms with Gasteiger partial charge in [0.25, 0.3) is 0 Å². The van der Waals surface area contributed by atoms with Crippen molar-refractivity contribution < 1.29 is 9.90 Å². The van der Waals surface area contributed by atoms with Gasteiger partial charge in [0.15, 0.2) is 0 Å². The first kappa shape index (κ1) is 15.0. The number of carbonyl (C=O) groups excluding carboxylic acids is 1. The van der Waals surface area contributed by atoms with Gasteiger partial charge in [-0.1, -0.05) is 12.1 Å². The third kappa shape index (κ3) is 5.40. The van der Waals surface area contributed by atoms with Crippen LogP contribution in [-0.2, 0) is 6.54 Å². The molecule has 0 aromatic heterocycles. The van der Waals surface area contributed by atoms with E-state index in [0.717, 1.165) is 5.56 Å². The zero-order chi connectivity index (χ0) is 14.5. The van der Waals surface area contributed by atoms with Crippen molar-refractivity contribution in [2.75, 3.05) is 13.6 Å². The topological polar surface area (TPSA) is 76.4 Å². The number of nitrogens with zero attached hydrogens (tertiary/aromatic N) is 2. The quantitative estimate of drug-likeness (QED) is 0.861. The predicted molar refractivity (Wildman–Crippen MR) is 72.3 cm³/mol. The Morgan fingerprint density at radius 3 is 2.47 bits per heavy atom. The third-order valence-corrected chi connectivity index (χ3v) is 2.50. The molecule has 2 amide bonds. The Balaban J connectivity index is 2.47. The molecule has 1 aromatic rings. The van der Waals surface area contributed by atoms with Gasteiger partial charge in [0, 0.05) is 13.6 Å². The summed E-state index contributed by atoms with van der Waals surface area (Å²) in [7, 11) is 1.63. The molecule has 0 atom stereocenters. The lowest BCUT2D eigenvalue weighted by Gasteiger charge is -2.25. The molecule has 0 aliphatic carbocycles. The number of nitrogens with one attached hydrogen (secondary N) is 1. The first-order valence-electron chi connectivity index (χ1n) is 6.02. The summed E-state index contributed by atoms with van der Waals surface area (Å²) in [6.45, 7) is 3.95. The average Bonchev–Trinajstić information content (AvgIpc) is 2.34. The number of urea groups is 1. The highest BCUT2D eigenvalue weighted by Crippen LogP contribution is 2.05. The minimum atomic E-state index is -0.916. The van der Waals surface area contributed by atoms with Gasteiger partial charge in [-0.15, -0.1) is 0 Å². The summed E-state index contributed by atoms with van der Waals surface area (Å²) < 4.78 is 0. The van der Waals surface area contributed by atoms with Crippen molar-refractivity contribution in [2.45, 2.75) is 26.0 Å². The predicted octanol–water partition coefficient (Wildman–Crippen LogP) is 1.47. The summed E-state index contributed by atoms with van der Waals surface area (Å²) in [5.41, 5.74) is 0.596. The lowest BCUT2D eigenvalue weighted by atomic mass is 10.1. The van der Waals surface area contributed by atoms with E-state index >= 15 is 0 Å². The Hall–Kier alpha value is -2.06. The highest BCUT2D eigenvalue weighted by molar-refractivity contribution is 5.73. The molecule has 0 saturated carbocycles. The second-order valence-electron chi connectivity index (χ2n) is 5.14. The average molecular weight is 261 g/mol. The van der Waals surface area contributed by atoms with E-state index in [-0.39, 0.29) is 12.6 Å². The van der Waals surface area contributed by atoms with E-state index in [0.29, 0.717) is 12.1 Å². The summed E-state index contributed by atoms with van der Waals surface area (Å²) in [4.78, 5) is 13.2. The summed E-state index contributed by atoms with van der Waals surface area (Å²) in [6.07, 6.45) is 0. The minimum absolute atomic E-state index is 0.244. The number of carbonyl (C=O) groups is 1. The van der Waals surface area contributed by atoms with Gasteiger partial charge in [-0.2, -0.15) is 5.26 Å². The Morgan fingerprint density at radius 1 is 1.42 bits per heavy atom. The normalized spacial score (nSPS) is 10.7. The molecule has 0 spiro atoms. The number of rotatable bonds is 4. The summed E-state index contributed by atoms with van der Waals surface area (Å²) in [5.74, 6) is 0.